The van der Waals surface area contributed by atoms with Crippen molar-refractivity contribution in [2.24, 2.45) is 0 Å². The number of methoxy groups -OCH3 is 1. The average Bonchev–Trinajstić information content (AvgIpc) is 3.47. The lowest BCUT2D eigenvalue weighted by Gasteiger charge is -2.50. The molecule has 0 aromatic heterocycles. The van der Waals surface area contributed by atoms with Crippen molar-refractivity contribution >= 4 is 0 Å². The molecule has 2 fully saturated rings. The van der Waals surface area contributed by atoms with E-state index in [9.17, 15) is 5.26 Å². The van der Waals surface area contributed by atoms with Gasteiger partial charge in [0.15, 0.2) is 12.6 Å². The second-order valence-corrected chi connectivity index (χ2v) is 18.5. The zero-order chi connectivity index (χ0) is 51.3. The molecule has 0 N–H and O–H groups in total. The highest BCUT2D eigenvalue weighted by atomic mass is 16.8. The lowest BCUT2D eigenvalue weighted by molar-refractivity contribution is -0.377. The molecule has 388 valence electrons. The van der Waals surface area contributed by atoms with Gasteiger partial charge in [0.2, 0.25) is 0 Å². The Balaban J connectivity index is 1.13. The van der Waals surface area contributed by atoms with Gasteiger partial charge in [0.05, 0.1) is 71.1 Å². The maximum atomic E-state index is 10.3. The smallest absolute Gasteiger partial charge is 0.187 e. The summed E-state index contributed by atoms with van der Waals surface area (Å²) in [5.41, 5.74) is 6.98. The Morgan fingerprint density at radius 3 is 1.12 bits per heavy atom. The van der Waals surface area contributed by atoms with Crippen LogP contribution >= 0.6 is 0 Å². The zero-order valence-electron chi connectivity index (χ0n) is 42.2. The van der Waals surface area contributed by atoms with Gasteiger partial charge in [-0.25, -0.2) is 0 Å². The number of nitriles is 1. The Hall–Kier alpha value is -6.41. The predicted molar refractivity (Wildman–Crippen MR) is 281 cm³/mol. The van der Waals surface area contributed by atoms with E-state index in [0.29, 0.717) is 24.3 Å². The first kappa shape index (κ1) is 53.4. The van der Waals surface area contributed by atoms with E-state index in [2.05, 4.69) is 6.07 Å². The molecule has 75 heavy (non-hydrogen) atoms. The molecular weight excluding hydrogens is 947 g/mol. The van der Waals surface area contributed by atoms with Crippen LogP contribution in [-0.4, -0.2) is 81.7 Å². The van der Waals surface area contributed by atoms with E-state index in [1.807, 2.05) is 200 Å². The first-order valence-corrected chi connectivity index (χ1v) is 25.6. The molecule has 0 radical (unpaired) electrons. The van der Waals surface area contributed by atoms with Gasteiger partial charge in [-0.05, 0) is 45.0 Å². The van der Waals surface area contributed by atoms with Crippen molar-refractivity contribution in [2.45, 2.75) is 108 Å². The third kappa shape index (κ3) is 15.4. The Morgan fingerprint density at radius 2 is 0.693 bits per heavy atom. The molecule has 0 amide bonds. The van der Waals surface area contributed by atoms with Crippen LogP contribution in [0.2, 0.25) is 0 Å². The fraction of sp³-hybridized carbons (Fsp3) is 0.317. The standard InChI is InChI=1S/C63H65NO11/c1-65-62-61(71-42-51-32-18-7-19-33-51)59(57(69-40-49-28-14-5-15-29-49)55(73-62)45-67-38-47-24-10-3-11-25-47)75-63-60(72-43-53-35-21-20-34-52(53)36-64)58(70-41-50-30-16-6-17-31-50)56(68-39-48-26-12-4-13-27-48)54(74-63)44-66-37-46-22-8-2-9-23-46/h2-35,54-63H,37-45H2,1H3/t54-,55-,56-,57-,58+,59+,60-,61-,62+,63+/m1/s1. The van der Waals surface area contributed by atoms with E-state index in [4.69, 9.17) is 52.1 Å². The van der Waals surface area contributed by atoms with Crippen LogP contribution in [0.15, 0.2) is 206 Å². The van der Waals surface area contributed by atoms with Crippen molar-refractivity contribution in [2.75, 3.05) is 20.3 Å². The lowest BCUT2D eigenvalue weighted by atomic mass is 9.95. The van der Waals surface area contributed by atoms with Crippen LogP contribution < -0.4 is 0 Å². The summed E-state index contributed by atoms with van der Waals surface area (Å²) in [7, 11) is 1.59. The van der Waals surface area contributed by atoms with Crippen LogP contribution in [0.1, 0.15) is 44.5 Å². The van der Waals surface area contributed by atoms with Crippen LogP contribution in [0.3, 0.4) is 0 Å². The SMILES string of the molecule is CO[C@H]1O[C@H](COCc2ccccc2)[C@@H](OCc2ccccc2)[C@H](O[C@@H]2O[C@H](COCc3ccccc3)[C@@H](OCc3ccccc3)[C@H](OCc3ccccc3)[C@H]2OCc2ccccc2C#N)[C@H]1OCc1ccccc1. The molecule has 0 saturated carbocycles. The molecule has 7 aromatic rings. The summed E-state index contributed by atoms with van der Waals surface area (Å²) in [5.74, 6) is 0. The van der Waals surface area contributed by atoms with Gasteiger partial charge in [-0.3, -0.25) is 0 Å². The Morgan fingerprint density at radius 1 is 0.360 bits per heavy atom. The highest BCUT2D eigenvalue weighted by Crippen LogP contribution is 2.37. The molecule has 9 rings (SSSR count). The molecule has 2 heterocycles. The fourth-order valence-corrected chi connectivity index (χ4v) is 9.32. The number of nitrogens with zero attached hydrogens (tertiary/aromatic N) is 1. The number of hydrogen-bond donors (Lipinski definition) is 0. The molecule has 0 aliphatic carbocycles. The second kappa shape index (κ2) is 28.5. The summed E-state index contributed by atoms with van der Waals surface area (Å²) >= 11 is 0. The van der Waals surface area contributed by atoms with Crippen molar-refractivity contribution < 1.29 is 52.1 Å². The molecular formula is C63H65NO11. The molecule has 10 atom stereocenters. The van der Waals surface area contributed by atoms with Gasteiger partial charge < -0.3 is 52.1 Å². The highest BCUT2D eigenvalue weighted by molar-refractivity contribution is 5.37. The Kier molecular flexibility index (Phi) is 20.3. The Labute approximate surface area is 440 Å². The van der Waals surface area contributed by atoms with Gasteiger partial charge >= 0.3 is 0 Å². The molecule has 0 bridgehead atoms. The number of hydrogen-bond acceptors (Lipinski definition) is 12. The van der Waals surface area contributed by atoms with Crippen LogP contribution in [0.25, 0.3) is 0 Å². The predicted octanol–water partition coefficient (Wildman–Crippen LogP) is 10.7. The number of benzene rings is 7. The van der Waals surface area contributed by atoms with Gasteiger partial charge in [-0.1, -0.05) is 200 Å². The lowest BCUT2D eigenvalue weighted by Crippen LogP contribution is -2.66. The first-order valence-electron chi connectivity index (χ1n) is 25.6. The first-order chi connectivity index (χ1) is 37.1. The summed E-state index contributed by atoms with van der Waals surface area (Å²) < 4.78 is 75.9. The number of rotatable bonds is 26. The topological polar surface area (TPSA) is 125 Å². The van der Waals surface area contributed by atoms with Crippen molar-refractivity contribution in [1.29, 1.82) is 5.26 Å². The third-order valence-electron chi connectivity index (χ3n) is 13.2. The van der Waals surface area contributed by atoms with Crippen LogP contribution in [-0.2, 0) is 98.4 Å². The van der Waals surface area contributed by atoms with Crippen molar-refractivity contribution in [3.8, 4) is 6.07 Å². The largest absolute Gasteiger partial charge is 0.374 e. The van der Waals surface area contributed by atoms with Gasteiger partial charge in [-0.15, -0.1) is 0 Å². The zero-order valence-corrected chi connectivity index (χ0v) is 42.2. The van der Waals surface area contributed by atoms with Crippen LogP contribution in [0, 0.1) is 11.3 Å². The van der Waals surface area contributed by atoms with Crippen molar-refractivity contribution in [3.63, 3.8) is 0 Å². The summed E-state index contributed by atoms with van der Waals surface area (Å²) in [6.07, 6.45) is -8.80. The van der Waals surface area contributed by atoms with Gasteiger partial charge in [0.1, 0.15) is 48.8 Å². The minimum absolute atomic E-state index is 0.0235. The van der Waals surface area contributed by atoms with E-state index in [1.165, 1.54) is 0 Å². The highest BCUT2D eigenvalue weighted by Gasteiger charge is 2.55. The van der Waals surface area contributed by atoms with Crippen LogP contribution in [0.5, 0.6) is 0 Å². The van der Waals surface area contributed by atoms with E-state index < -0.39 is 61.4 Å². The van der Waals surface area contributed by atoms with Crippen LogP contribution in [0.4, 0.5) is 0 Å². The molecule has 2 saturated heterocycles. The summed E-state index contributed by atoms with van der Waals surface area (Å²) in [5, 5.41) is 10.3. The minimum atomic E-state index is -1.18. The molecule has 2 aliphatic rings. The maximum Gasteiger partial charge on any atom is 0.187 e. The molecule has 12 nitrogen and oxygen atoms in total. The summed E-state index contributed by atoms with van der Waals surface area (Å²) in [4.78, 5) is 0. The monoisotopic (exact) mass is 1010 g/mol. The third-order valence-corrected chi connectivity index (χ3v) is 13.2. The average molecular weight is 1010 g/mol. The van der Waals surface area contributed by atoms with Crippen molar-refractivity contribution in [3.05, 3.63) is 251 Å². The normalized spacial score (nSPS) is 23.6. The van der Waals surface area contributed by atoms with Gasteiger partial charge in [0.25, 0.3) is 0 Å². The van der Waals surface area contributed by atoms with E-state index in [1.54, 1.807) is 13.2 Å². The molecule has 12 heteroatoms. The fourth-order valence-electron chi connectivity index (χ4n) is 9.32. The van der Waals surface area contributed by atoms with E-state index in [0.717, 1.165) is 33.4 Å². The summed E-state index contributed by atoms with van der Waals surface area (Å²) in [6.45, 7) is 1.81. The summed E-state index contributed by atoms with van der Waals surface area (Å²) in [6, 6.07) is 69.5. The maximum absolute atomic E-state index is 10.3. The van der Waals surface area contributed by atoms with E-state index >= 15 is 0 Å². The minimum Gasteiger partial charge on any atom is -0.374 e. The van der Waals surface area contributed by atoms with Gasteiger partial charge in [-0.2, -0.15) is 5.26 Å². The Bertz CT molecular complexity index is 2740. The number of ether oxygens (including phenoxy) is 11. The molecule has 0 spiro atoms. The van der Waals surface area contributed by atoms with Crippen molar-refractivity contribution in [1.82, 2.24) is 0 Å². The molecule has 2 aliphatic heterocycles. The van der Waals surface area contributed by atoms with Gasteiger partial charge in [0, 0.05) is 7.11 Å². The molecule has 7 aromatic carbocycles. The quantitative estimate of drug-likeness (QED) is 0.0513. The molecule has 0 unspecified atom stereocenters. The second-order valence-electron chi connectivity index (χ2n) is 18.5. The van der Waals surface area contributed by atoms with E-state index in [-0.39, 0.29) is 46.2 Å².